The molecule has 2 aromatic rings. The molecule has 0 aliphatic heterocycles. The number of ketones is 1. The molecule has 1 unspecified atom stereocenters. The van der Waals surface area contributed by atoms with Crippen LogP contribution in [0, 0.1) is 0 Å². The van der Waals surface area contributed by atoms with Crippen molar-refractivity contribution in [1.29, 1.82) is 0 Å². The molecular formula is C22H29O4P. The summed E-state index contributed by atoms with van der Waals surface area (Å²) in [6.07, 6.45) is 0. The summed E-state index contributed by atoms with van der Waals surface area (Å²) >= 11 is 0. The largest absolute Gasteiger partial charge is 0.507 e. The van der Waals surface area contributed by atoms with Crippen LogP contribution in [0.5, 0.6) is 5.75 Å². The van der Waals surface area contributed by atoms with Crippen molar-refractivity contribution in [1.82, 2.24) is 0 Å². The van der Waals surface area contributed by atoms with Crippen LogP contribution in [0.4, 0.5) is 0 Å². The minimum absolute atomic E-state index is 0.133. The Morgan fingerprint density at radius 2 is 1.56 bits per heavy atom. The van der Waals surface area contributed by atoms with E-state index in [2.05, 4.69) is 0 Å². The van der Waals surface area contributed by atoms with Gasteiger partial charge in [0.1, 0.15) is 5.75 Å². The highest BCUT2D eigenvalue weighted by Crippen LogP contribution is 2.40. The van der Waals surface area contributed by atoms with Crippen molar-refractivity contribution in [3.8, 4) is 5.75 Å². The predicted molar refractivity (Wildman–Crippen MR) is 111 cm³/mol. The molecule has 0 aliphatic rings. The Balaban J connectivity index is 2.64. The number of benzene rings is 1. The van der Waals surface area contributed by atoms with Gasteiger partial charge in [-0.05, 0) is 41.8 Å². The lowest BCUT2D eigenvalue weighted by molar-refractivity contribution is 0.0529. The van der Waals surface area contributed by atoms with E-state index in [1.807, 2.05) is 47.3 Å². The Morgan fingerprint density at radius 1 is 1.04 bits per heavy atom. The topological polar surface area (TPSA) is 63.6 Å². The second-order valence-electron chi connectivity index (χ2n) is 8.74. The van der Waals surface area contributed by atoms with Crippen LogP contribution in [-0.2, 0) is 15.6 Å². The van der Waals surface area contributed by atoms with E-state index in [0.717, 1.165) is 11.1 Å². The van der Waals surface area contributed by atoms with Gasteiger partial charge in [0.15, 0.2) is 5.78 Å². The lowest BCUT2D eigenvalue weighted by Gasteiger charge is -2.28. The fraction of sp³-hybridized carbons (Fsp3) is 0.455. The van der Waals surface area contributed by atoms with E-state index in [1.165, 1.54) is 0 Å². The molecule has 2 rings (SSSR count). The van der Waals surface area contributed by atoms with Gasteiger partial charge in [0.05, 0.1) is 11.9 Å². The van der Waals surface area contributed by atoms with Crippen molar-refractivity contribution in [2.75, 3.05) is 6.61 Å². The second-order valence-corrected chi connectivity index (χ2v) is 9.86. The van der Waals surface area contributed by atoms with E-state index in [4.69, 9.17) is 4.74 Å². The van der Waals surface area contributed by atoms with Crippen molar-refractivity contribution in [2.45, 2.75) is 59.3 Å². The van der Waals surface area contributed by atoms with E-state index in [0.29, 0.717) is 16.4 Å². The summed E-state index contributed by atoms with van der Waals surface area (Å²) < 4.78 is 5.10. The lowest BCUT2D eigenvalue weighted by atomic mass is 9.78. The minimum Gasteiger partial charge on any atom is -0.507 e. The van der Waals surface area contributed by atoms with E-state index in [9.17, 15) is 14.7 Å². The van der Waals surface area contributed by atoms with Gasteiger partial charge in [0.25, 0.3) is 0 Å². The van der Waals surface area contributed by atoms with Crippen LogP contribution in [0.3, 0.4) is 0 Å². The Bertz CT molecular complexity index is 828. The molecule has 0 fully saturated rings. The highest BCUT2D eigenvalue weighted by Gasteiger charge is 2.29. The van der Waals surface area contributed by atoms with Crippen LogP contribution in [0.1, 0.15) is 85.6 Å². The third kappa shape index (κ3) is 4.44. The molecule has 0 saturated heterocycles. The van der Waals surface area contributed by atoms with Crippen LogP contribution >= 0.6 is 8.19 Å². The molecule has 0 radical (unpaired) electrons. The molecule has 146 valence electrons. The van der Waals surface area contributed by atoms with Crippen molar-refractivity contribution in [3.63, 3.8) is 0 Å². The molecule has 0 saturated carbocycles. The Hall–Kier alpha value is -2.06. The van der Waals surface area contributed by atoms with Crippen LogP contribution in [0.25, 0.3) is 0 Å². The Labute approximate surface area is 163 Å². The molecular weight excluding hydrogens is 359 g/mol. The average molecular weight is 388 g/mol. The van der Waals surface area contributed by atoms with Crippen molar-refractivity contribution in [3.05, 3.63) is 51.5 Å². The number of phenols is 1. The number of hydrogen-bond acceptors (Lipinski definition) is 4. The summed E-state index contributed by atoms with van der Waals surface area (Å²) in [7, 11) is 0.133. The smallest absolute Gasteiger partial charge is 0.342 e. The molecule has 1 heterocycles. The van der Waals surface area contributed by atoms with E-state index >= 15 is 0 Å². The molecule has 5 heteroatoms. The van der Waals surface area contributed by atoms with E-state index in [-0.39, 0.29) is 37.2 Å². The number of hydrogen-bond donors (Lipinski definition) is 1. The number of carbonyl (C=O) groups excluding carboxylic acids is 2. The van der Waals surface area contributed by atoms with E-state index < -0.39 is 5.97 Å². The summed E-state index contributed by atoms with van der Waals surface area (Å²) in [6, 6.07) is 5.20. The zero-order chi connectivity index (χ0) is 20.6. The third-order valence-corrected chi connectivity index (χ3v) is 5.55. The average Bonchev–Trinajstić information content (AvgIpc) is 3.02. The summed E-state index contributed by atoms with van der Waals surface area (Å²) in [5.74, 6) is 1.41. The highest BCUT2D eigenvalue weighted by molar-refractivity contribution is 7.32. The Morgan fingerprint density at radius 3 is 2.00 bits per heavy atom. The van der Waals surface area contributed by atoms with Crippen LogP contribution in [0.2, 0.25) is 0 Å². The SMILES string of the molecule is CCOC(=O)c1[pH]ccc1C(=O)c1cc(C(C)(C)C)c(O)c(C(C)(C)C)c1. The molecule has 0 aliphatic carbocycles. The molecule has 1 aromatic heterocycles. The molecule has 1 N–H and O–H groups in total. The monoisotopic (exact) mass is 388 g/mol. The van der Waals surface area contributed by atoms with Crippen LogP contribution in [-0.4, -0.2) is 23.5 Å². The number of phenolic OH excluding ortho intramolecular Hbond substituents is 1. The molecule has 0 amide bonds. The van der Waals surface area contributed by atoms with Gasteiger partial charge in [-0.3, -0.25) is 4.79 Å². The summed E-state index contributed by atoms with van der Waals surface area (Å²) in [5, 5.41) is 11.3. The van der Waals surface area contributed by atoms with Gasteiger partial charge in [0, 0.05) is 22.3 Å². The zero-order valence-electron chi connectivity index (χ0n) is 17.2. The lowest BCUT2D eigenvalue weighted by Crippen LogP contribution is -2.19. The van der Waals surface area contributed by atoms with Gasteiger partial charge in [-0.15, -0.1) is 8.19 Å². The first-order valence-electron chi connectivity index (χ1n) is 9.15. The van der Waals surface area contributed by atoms with Crippen molar-refractivity contribution < 1.29 is 19.4 Å². The summed E-state index contributed by atoms with van der Waals surface area (Å²) in [6.45, 7) is 14.0. The first kappa shape index (κ1) is 21.2. The summed E-state index contributed by atoms with van der Waals surface area (Å²) in [5.41, 5.74) is 1.66. The van der Waals surface area contributed by atoms with Crippen LogP contribution in [0.15, 0.2) is 24.0 Å². The van der Waals surface area contributed by atoms with Gasteiger partial charge in [-0.25, -0.2) is 4.79 Å². The highest BCUT2D eigenvalue weighted by atomic mass is 31.0. The predicted octanol–water partition coefficient (Wildman–Crippen LogP) is 5.43. The first-order valence-corrected chi connectivity index (χ1v) is 10.2. The number of ether oxygens (including phenoxy) is 1. The van der Waals surface area contributed by atoms with Crippen LogP contribution < -0.4 is 0 Å². The molecule has 0 spiro atoms. The van der Waals surface area contributed by atoms with Gasteiger partial charge in [-0.2, -0.15) is 0 Å². The quantitative estimate of drug-likeness (QED) is 0.561. The van der Waals surface area contributed by atoms with Crippen molar-refractivity contribution in [2.24, 2.45) is 0 Å². The van der Waals surface area contributed by atoms with Crippen molar-refractivity contribution >= 4 is 19.9 Å². The number of esters is 1. The number of rotatable bonds is 4. The Kier molecular flexibility index (Phi) is 5.91. The number of aromatic hydroxyl groups is 1. The molecule has 1 aromatic carbocycles. The normalized spacial score (nSPS) is 12.4. The van der Waals surface area contributed by atoms with E-state index in [1.54, 1.807) is 25.1 Å². The molecule has 1 atom stereocenters. The first-order chi connectivity index (χ1) is 12.4. The van der Waals surface area contributed by atoms with Gasteiger partial charge in [0.2, 0.25) is 0 Å². The standard InChI is InChI=1S/C22H29O4P/c1-8-26-20(25)19-14(9-10-27-19)17(23)13-11-15(21(2,3)4)18(24)16(12-13)22(5,6)7/h9-12,24,27H,8H2,1-7H3. The second kappa shape index (κ2) is 7.52. The zero-order valence-corrected chi connectivity index (χ0v) is 18.2. The van der Waals surface area contributed by atoms with Gasteiger partial charge >= 0.3 is 5.97 Å². The molecule has 0 bridgehead atoms. The van der Waals surface area contributed by atoms with Gasteiger partial charge in [-0.1, -0.05) is 41.5 Å². The minimum atomic E-state index is -0.435. The maximum Gasteiger partial charge on any atom is 0.342 e. The fourth-order valence-electron chi connectivity index (χ4n) is 3.00. The third-order valence-electron chi connectivity index (χ3n) is 4.46. The molecule has 27 heavy (non-hydrogen) atoms. The van der Waals surface area contributed by atoms with Gasteiger partial charge < -0.3 is 9.84 Å². The maximum absolute atomic E-state index is 13.2. The summed E-state index contributed by atoms with van der Waals surface area (Å²) in [4.78, 5) is 25.4. The number of carbonyl (C=O) groups is 2. The maximum atomic E-state index is 13.2. The molecule has 4 nitrogen and oxygen atoms in total. The fourth-order valence-corrected chi connectivity index (χ4v) is 3.95.